The Kier molecular flexibility index (Phi) is 5.56. The first kappa shape index (κ1) is 22.3. The van der Waals surface area contributed by atoms with Crippen LogP contribution in [0.15, 0.2) is 58.8 Å². The summed E-state index contributed by atoms with van der Waals surface area (Å²) in [5.74, 6) is 0.479. The minimum Gasteiger partial charge on any atom is -0.329 e. The number of primary sulfonamides is 1. The Bertz CT molecular complexity index is 1480. The van der Waals surface area contributed by atoms with Gasteiger partial charge in [0.25, 0.3) is 5.95 Å². The maximum Gasteiger partial charge on any atom is 0.255 e. The highest BCUT2D eigenvalue weighted by Gasteiger charge is 2.20. The number of benzene rings is 2. The number of rotatable bonds is 6. The van der Waals surface area contributed by atoms with E-state index in [9.17, 15) is 13.3 Å². The summed E-state index contributed by atoms with van der Waals surface area (Å²) in [6, 6.07) is 11.9. The molecule has 2 aromatic carbocycles. The Morgan fingerprint density at radius 1 is 1.06 bits per heavy atom. The Morgan fingerprint density at radius 3 is 2.48 bits per heavy atom. The fraction of sp³-hybridized carbons (Fsp3) is 0.190. The molecule has 0 atom stereocenters. The standard InChI is InChI=1S/C21H22N8O3S/c1-13-5-6-16(12-19(13)33(22,31)32)29(26-30)21-23-10-9-20(24-21)27(3)15-7-8-17-14(2)28(4)25-18(17)11-15/h5-12H,1-4H3,(H2,22,31,32). The van der Waals surface area contributed by atoms with Crippen molar-refractivity contribution in [3.63, 3.8) is 0 Å². The fourth-order valence-electron chi connectivity index (χ4n) is 3.51. The molecule has 0 fully saturated rings. The quantitative estimate of drug-likeness (QED) is 0.337. The summed E-state index contributed by atoms with van der Waals surface area (Å²) in [5, 5.41) is 14.8. The van der Waals surface area contributed by atoms with Crippen molar-refractivity contribution in [1.29, 1.82) is 0 Å². The number of nitroso groups, excluding NO2 is 1. The van der Waals surface area contributed by atoms with Gasteiger partial charge in [-0.2, -0.15) is 15.1 Å². The topological polar surface area (TPSA) is 140 Å². The molecule has 170 valence electrons. The Morgan fingerprint density at radius 2 is 1.79 bits per heavy atom. The molecule has 0 bridgehead atoms. The van der Waals surface area contributed by atoms with Crippen LogP contribution < -0.4 is 15.0 Å². The van der Waals surface area contributed by atoms with Gasteiger partial charge in [0.1, 0.15) is 5.82 Å². The van der Waals surface area contributed by atoms with E-state index in [1.54, 1.807) is 19.1 Å². The summed E-state index contributed by atoms with van der Waals surface area (Å²) in [4.78, 5) is 22.0. The van der Waals surface area contributed by atoms with Crippen molar-refractivity contribution in [3.05, 3.63) is 64.8 Å². The predicted molar refractivity (Wildman–Crippen MR) is 126 cm³/mol. The number of fused-ring (bicyclic) bond motifs is 1. The van der Waals surface area contributed by atoms with Crippen molar-refractivity contribution >= 4 is 44.1 Å². The monoisotopic (exact) mass is 466 g/mol. The lowest BCUT2D eigenvalue weighted by atomic mass is 10.2. The van der Waals surface area contributed by atoms with E-state index in [2.05, 4.69) is 20.4 Å². The molecular formula is C21H22N8O3S. The van der Waals surface area contributed by atoms with Crippen LogP contribution in [0.2, 0.25) is 0 Å². The third-order valence-corrected chi connectivity index (χ3v) is 6.52. The van der Waals surface area contributed by atoms with Gasteiger partial charge in [-0.05, 0) is 55.8 Å². The fourth-order valence-corrected chi connectivity index (χ4v) is 4.32. The van der Waals surface area contributed by atoms with E-state index in [1.807, 2.05) is 48.8 Å². The highest BCUT2D eigenvalue weighted by atomic mass is 32.2. The molecule has 4 aromatic rings. The number of hydrogen-bond acceptors (Lipinski definition) is 8. The lowest BCUT2D eigenvalue weighted by Crippen LogP contribution is -2.17. The van der Waals surface area contributed by atoms with Gasteiger partial charge in [0.2, 0.25) is 10.0 Å². The van der Waals surface area contributed by atoms with Crippen LogP contribution in [0.4, 0.5) is 23.1 Å². The Labute approximate surface area is 190 Å². The van der Waals surface area contributed by atoms with E-state index in [0.29, 0.717) is 11.4 Å². The smallest absolute Gasteiger partial charge is 0.255 e. The van der Waals surface area contributed by atoms with Crippen LogP contribution >= 0.6 is 0 Å². The Balaban J connectivity index is 1.72. The van der Waals surface area contributed by atoms with E-state index in [0.717, 1.165) is 27.3 Å². The number of nitrogens with zero attached hydrogens (tertiary/aromatic N) is 7. The normalized spacial score (nSPS) is 11.5. The van der Waals surface area contributed by atoms with Gasteiger partial charge >= 0.3 is 0 Å². The van der Waals surface area contributed by atoms with Gasteiger partial charge < -0.3 is 4.90 Å². The van der Waals surface area contributed by atoms with Gasteiger partial charge in [-0.1, -0.05) is 6.07 Å². The van der Waals surface area contributed by atoms with Crippen molar-refractivity contribution in [1.82, 2.24) is 19.7 Å². The molecule has 0 unspecified atom stereocenters. The Hall–Kier alpha value is -3.90. The average molecular weight is 467 g/mol. The first-order valence-corrected chi connectivity index (χ1v) is 11.4. The summed E-state index contributed by atoms with van der Waals surface area (Å²) in [6.45, 7) is 3.61. The maximum absolute atomic E-state index is 11.9. The zero-order valence-electron chi connectivity index (χ0n) is 18.5. The van der Waals surface area contributed by atoms with Crippen molar-refractivity contribution in [2.45, 2.75) is 18.7 Å². The van der Waals surface area contributed by atoms with Crippen molar-refractivity contribution in [2.75, 3.05) is 17.0 Å². The second kappa shape index (κ2) is 8.22. The molecular weight excluding hydrogens is 444 g/mol. The molecule has 0 aliphatic rings. The van der Waals surface area contributed by atoms with Crippen LogP contribution in [0.1, 0.15) is 11.3 Å². The molecule has 2 aromatic heterocycles. The van der Waals surface area contributed by atoms with Crippen LogP contribution in [0.25, 0.3) is 10.9 Å². The molecule has 0 amide bonds. The highest BCUT2D eigenvalue weighted by Crippen LogP contribution is 2.30. The number of anilines is 4. The minimum absolute atomic E-state index is 0.0201. The molecule has 0 aliphatic heterocycles. The molecule has 2 heterocycles. The van der Waals surface area contributed by atoms with Gasteiger partial charge in [0, 0.05) is 37.1 Å². The van der Waals surface area contributed by atoms with Crippen LogP contribution in [-0.4, -0.2) is 35.2 Å². The lowest BCUT2D eigenvalue weighted by molar-refractivity contribution is 0.597. The predicted octanol–water partition coefficient (Wildman–Crippen LogP) is 3.21. The zero-order chi connectivity index (χ0) is 23.9. The van der Waals surface area contributed by atoms with Crippen LogP contribution in [-0.2, 0) is 17.1 Å². The zero-order valence-corrected chi connectivity index (χ0v) is 19.3. The third-order valence-electron chi connectivity index (χ3n) is 5.47. The third kappa shape index (κ3) is 4.13. The van der Waals surface area contributed by atoms with E-state index in [4.69, 9.17) is 5.14 Å². The number of nitrogens with two attached hydrogens (primary N) is 1. The van der Waals surface area contributed by atoms with Crippen molar-refractivity contribution in [3.8, 4) is 0 Å². The summed E-state index contributed by atoms with van der Waals surface area (Å²) in [6.07, 6.45) is 1.49. The summed E-state index contributed by atoms with van der Waals surface area (Å²) >= 11 is 0. The number of sulfonamides is 1. The molecule has 12 heteroatoms. The minimum atomic E-state index is -3.98. The van der Waals surface area contributed by atoms with Gasteiger partial charge in [-0.3, -0.25) is 4.68 Å². The van der Waals surface area contributed by atoms with Gasteiger partial charge in [0.05, 0.1) is 21.4 Å². The molecule has 0 saturated heterocycles. The first-order valence-electron chi connectivity index (χ1n) is 9.87. The van der Waals surface area contributed by atoms with Crippen molar-refractivity contribution < 1.29 is 8.42 Å². The SMILES string of the molecule is Cc1ccc(N(N=O)c2nccc(N(C)c3ccc4c(C)n(C)nc4c3)n2)cc1S(N)(=O)=O. The molecule has 0 radical (unpaired) electrons. The average Bonchev–Trinajstić information content (AvgIpc) is 3.07. The van der Waals surface area contributed by atoms with Crippen LogP contribution in [0.5, 0.6) is 0 Å². The second-order valence-corrected chi connectivity index (χ2v) is 9.10. The van der Waals surface area contributed by atoms with E-state index in [1.165, 1.54) is 18.3 Å². The molecule has 33 heavy (non-hydrogen) atoms. The van der Waals surface area contributed by atoms with E-state index >= 15 is 0 Å². The van der Waals surface area contributed by atoms with E-state index < -0.39 is 10.0 Å². The lowest BCUT2D eigenvalue weighted by Gasteiger charge is -2.20. The second-order valence-electron chi connectivity index (χ2n) is 7.57. The summed E-state index contributed by atoms with van der Waals surface area (Å²) in [7, 11) is -0.266. The summed E-state index contributed by atoms with van der Waals surface area (Å²) < 4.78 is 25.6. The van der Waals surface area contributed by atoms with Crippen LogP contribution in [0.3, 0.4) is 0 Å². The molecule has 4 rings (SSSR count). The summed E-state index contributed by atoms with van der Waals surface area (Å²) in [5.41, 5.74) is 3.36. The molecule has 0 aliphatic carbocycles. The molecule has 2 N–H and O–H groups in total. The first-order chi connectivity index (χ1) is 15.6. The van der Waals surface area contributed by atoms with Crippen LogP contribution in [0, 0.1) is 18.8 Å². The molecule has 0 spiro atoms. The highest BCUT2D eigenvalue weighted by molar-refractivity contribution is 7.89. The number of hydrogen-bond donors (Lipinski definition) is 1. The largest absolute Gasteiger partial charge is 0.329 e. The van der Waals surface area contributed by atoms with Gasteiger partial charge in [0.15, 0.2) is 0 Å². The number of aromatic nitrogens is 4. The molecule has 0 saturated carbocycles. The number of aryl methyl sites for hydroxylation is 3. The van der Waals surface area contributed by atoms with E-state index in [-0.39, 0.29) is 16.5 Å². The van der Waals surface area contributed by atoms with Gasteiger partial charge in [-0.15, -0.1) is 4.91 Å². The maximum atomic E-state index is 11.9. The van der Waals surface area contributed by atoms with Crippen molar-refractivity contribution in [2.24, 2.45) is 17.5 Å². The van der Waals surface area contributed by atoms with Gasteiger partial charge in [-0.25, -0.2) is 18.5 Å². The molecule has 11 nitrogen and oxygen atoms in total.